The molecule has 0 bridgehead atoms. The smallest absolute Gasteiger partial charge is 0.0895 e. The molecule has 0 fully saturated rings. The first-order chi connectivity index (χ1) is 22.6. The highest BCUT2D eigenvalue weighted by molar-refractivity contribution is 8.00. The third-order valence-electron chi connectivity index (χ3n) is 10.9. The number of hydrogen-bond acceptors (Lipinski definition) is 2. The minimum Gasteiger partial charge on any atom is -0.0895 e. The zero-order chi connectivity index (χ0) is 32.6. The Labute approximate surface area is 289 Å². The van der Waals surface area contributed by atoms with E-state index in [1.807, 2.05) is 23.5 Å². The summed E-state index contributed by atoms with van der Waals surface area (Å²) in [4.78, 5) is 5.58. The lowest BCUT2D eigenvalue weighted by atomic mass is 9.76. The van der Waals surface area contributed by atoms with Crippen LogP contribution in [0.3, 0.4) is 0 Å². The highest BCUT2D eigenvalue weighted by Gasteiger charge is 2.42. The van der Waals surface area contributed by atoms with E-state index in [4.69, 9.17) is 0 Å². The summed E-state index contributed by atoms with van der Waals surface area (Å²) in [5, 5.41) is 4.40. The van der Waals surface area contributed by atoms with Gasteiger partial charge in [-0.3, -0.25) is 0 Å². The van der Waals surface area contributed by atoms with Gasteiger partial charge in [0.05, 0.1) is 0 Å². The molecule has 0 radical (unpaired) electrons. The zero-order valence-electron chi connectivity index (χ0n) is 28.0. The Kier molecular flexibility index (Phi) is 7.25. The van der Waals surface area contributed by atoms with Crippen LogP contribution in [0.4, 0.5) is 0 Å². The van der Waals surface area contributed by atoms with Gasteiger partial charge in [0.15, 0.2) is 0 Å². The van der Waals surface area contributed by atoms with Crippen LogP contribution in [0.25, 0.3) is 11.1 Å². The third kappa shape index (κ3) is 4.65. The van der Waals surface area contributed by atoms with Crippen LogP contribution in [0.5, 0.6) is 0 Å². The van der Waals surface area contributed by atoms with E-state index in [0.717, 1.165) is 0 Å². The van der Waals surface area contributed by atoms with Crippen molar-refractivity contribution in [3.05, 3.63) is 161 Å². The predicted octanol–water partition coefficient (Wildman–Crippen LogP) is 10.3. The standard InChI is InChI=1S/C44H40S2Si/c1-29-26-27-31(28-33(29)32-18-14-21-36-41(32)45-38-23-12-10-19-34(38)43(36,2)3)47(6,30-16-8-7-9-17-30)40-25-15-22-37-42(40)46-39-24-13-11-20-35(39)44(37,4)5/h7-28H,1-6H3. The topological polar surface area (TPSA) is 0 Å². The maximum atomic E-state index is 2.58. The van der Waals surface area contributed by atoms with Crippen LogP contribution in [-0.4, -0.2) is 8.07 Å². The molecule has 6 aromatic rings. The summed E-state index contributed by atoms with van der Waals surface area (Å²) in [6.07, 6.45) is 0. The third-order valence-corrected chi connectivity index (χ3v) is 18.0. The summed E-state index contributed by atoms with van der Waals surface area (Å²) in [5.41, 5.74) is 9.58. The molecule has 0 amide bonds. The van der Waals surface area contributed by atoms with Crippen LogP contribution in [0, 0.1) is 6.92 Å². The van der Waals surface area contributed by atoms with E-state index in [2.05, 4.69) is 175 Å². The minimum absolute atomic E-state index is 0.0601. The van der Waals surface area contributed by atoms with E-state index < -0.39 is 8.07 Å². The monoisotopic (exact) mass is 660 g/mol. The Hall–Kier alpha value is -3.76. The Morgan fingerprint density at radius 1 is 0.468 bits per heavy atom. The van der Waals surface area contributed by atoms with Crippen molar-refractivity contribution in [1.29, 1.82) is 0 Å². The molecule has 2 aliphatic heterocycles. The van der Waals surface area contributed by atoms with Crippen molar-refractivity contribution < 1.29 is 0 Å². The zero-order valence-corrected chi connectivity index (χ0v) is 30.7. The van der Waals surface area contributed by atoms with Crippen molar-refractivity contribution in [2.45, 2.75) is 71.6 Å². The molecule has 8 rings (SSSR count). The van der Waals surface area contributed by atoms with Crippen LogP contribution in [0.15, 0.2) is 153 Å². The average molecular weight is 661 g/mol. The second kappa shape index (κ2) is 11.2. The maximum absolute atomic E-state index is 2.58. The lowest BCUT2D eigenvalue weighted by molar-refractivity contribution is 0.608. The van der Waals surface area contributed by atoms with Gasteiger partial charge in [0.25, 0.3) is 0 Å². The molecule has 0 aromatic heterocycles. The van der Waals surface area contributed by atoms with Crippen molar-refractivity contribution in [3.8, 4) is 11.1 Å². The second-order valence-corrected chi connectivity index (χ2v) is 20.4. The fraction of sp³-hybridized carbons (Fsp3) is 0.182. The van der Waals surface area contributed by atoms with Gasteiger partial charge in [0.2, 0.25) is 0 Å². The Balaban J connectivity index is 1.35. The first-order valence-electron chi connectivity index (χ1n) is 16.6. The second-order valence-electron chi connectivity index (χ2n) is 14.3. The summed E-state index contributed by atoms with van der Waals surface area (Å²) in [7, 11) is -2.48. The van der Waals surface area contributed by atoms with Gasteiger partial charge in [0.1, 0.15) is 8.07 Å². The fourth-order valence-electron chi connectivity index (χ4n) is 8.01. The van der Waals surface area contributed by atoms with Gasteiger partial charge in [-0.25, -0.2) is 0 Å². The molecular formula is C44H40S2Si. The summed E-state index contributed by atoms with van der Waals surface area (Å²) >= 11 is 3.92. The quantitative estimate of drug-likeness (QED) is 0.136. The van der Waals surface area contributed by atoms with E-state index in [1.54, 1.807) is 0 Å². The Bertz CT molecular complexity index is 2180. The first kappa shape index (κ1) is 30.6. The summed E-state index contributed by atoms with van der Waals surface area (Å²) in [6, 6.07) is 50.8. The molecule has 3 heteroatoms. The lowest BCUT2D eigenvalue weighted by Crippen LogP contribution is -2.65. The van der Waals surface area contributed by atoms with Gasteiger partial charge >= 0.3 is 0 Å². The van der Waals surface area contributed by atoms with Crippen molar-refractivity contribution in [3.63, 3.8) is 0 Å². The van der Waals surface area contributed by atoms with Gasteiger partial charge in [0, 0.05) is 30.4 Å². The summed E-state index contributed by atoms with van der Waals surface area (Å²) < 4.78 is 0. The van der Waals surface area contributed by atoms with E-state index in [-0.39, 0.29) is 10.8 Å². The highest BCUT2D eigenvalue weighted by atomic mass is 32.2. The van der Waals surface area contributed by atoms with Gasteiger partial charge in [-0.05, 0) is 73.6 Å². The van der Waals surface area contributed by atoms with Gasteiger partial charge in [-0.15, -0.1) is 0 Å². The fourth-order valence-corrected chi connectivity index (χ4v) is 15.4. The molecule has 0 saturated carbocycles. The Morgan fingerprint density at radius 3 is 1.66 bits per heavy atom. The Morgan fingerprint density at radius 2 is 1.00 bits per heavy atom. The van der Waals surface area contributed by atoms with Crippen molar-refractivity contribution in [2.75, 3.05) is 0 Å². The number of rotatable bonds is 4. The van der Waals surface area contributed by atoms with Gasteiger partial charge < -0.3 is 0 Å². The minimum atomic E-state index is -2.48. The maximum Gasteiger partial charge on any atom is 0.146 e. The molecule has 0 saturated heterocycles. The number of fused-ring (bicyclic) bond motifs is 4. The van der Waals surface area contributed by atoms with Crippen LogP contribution in [-0.2, 0) is 10.8 Å². The van der Waals surface area contributed by atoms with Crippen molar-refractivity contribution >= 4 is 47.2 Å². The van der Waals surface area contributed by atoms with Crippen LogP contribution in [0.2, 0.25) is 6.55 Å². The molecule has 0 N–H and O–H groups in total. The molecule has 2 heterocycles. The molecular weight excluding hydrogens is 621 g/mol. The lowest BCUT2D eigenvalue weighted by Gasteiger charge is -2.39. The molecule has 47 heavy (non-hydrogen) atoms. The van der Waals surface area contributed by atoms with Crippen LogP contribution >= 0.6 is 23.5 Å². The first-order valence-corrected chi connectivity index (χ1v) is 20.7. The van der Waals surface area contributed by atoms with Gasteiger partial charge in [-0.1, -0.05) is 179 Å². The summed E-state index contributed by atoms with van der Waals surface area (Å²) in [6.45, 7) is 14.4. The van der Waals surface area contributed by atoms with E-state index >= 15 is 0 Å². The largest absolute Gasteiger partial charge is 0.146 e. The number of benzene rings is 6. The molecule has 1 atom stereocenters. The molecule has 0 spiro atoms. The van der Waals surface area contributed by atoms with Crippen molar-refractivity contribution in [1.82, 2.24) is 0 Å². The average Bonchev–Trinajstić information content (AvgIpc) is 3.08. The van der Waals surface area contributed by atoms with Gasteiger partial charge in [-0.2, -0.15) is 0 Å². The number of hydrogen-bond donors (Lipinski definition) is 0. The highest BCUT2D eigenvalue weighted by Crippen LogP contribution is 2.52. The van der Waals surface area contributed by atoms with Crippen LogP contribution in [0.1, 0.15) is 55.5 Å². The SMILES string of the molecule is Cc1ccc([Si](C)(c2ccccc2)c2cccc3c2Sc2ccccc2C3(C)C)cc1-c1cccc2c1Sc1ccccc1C2(C)C. The van der Waals surface area contributed by atoms with E-state index in [9.17, 15) is 0 Å². The normalized spacial score (nSPS) is 16.6. The molecule has 2 aliphatic rings. The van der Waals surface area contributed by atoms with E-state index in [0.29, 0.717) is 0 Å². The molecule has 0 aliphatic carbocycles. The van der Waals surface area contributed by atoms with E-state index in [1.165, 1.54) is 74.1 Å². The predicted molar refractivity (Wildman–Crippen MR) is 205 cm³/mol. The number of aryl methyl sites for hydroxylation is 1. The van der Waals surface area contributed by atoms with Crippen molar-refractivity contribution in [2.24, 2.45) is 0 Å². The molecule has 1 unspecified atom stereocenters. The molecule has 6 aromatic carbocycles. The molecule has 0 nitrogen and oxygen atoms in total. The summed E-state index contributed by atoms with van der Waals surface area (Å²) in [5.74, 6) is 0. The van der Waals surface area contributed by atoms with Crippen LogP contribution < -0.4 is 15.6 Å². The molecule has 232 valence electrons.